The monoisotopic (exact) mass is 314 g/mol. The van der Waals surface area contributed by atoms with Crippen molar-refractivity contribution in [1.29, 1.82) is 5.26 Å². The number of carbonyl (C=O) groups excluding carboxylic acids is 2. The topological polar surface area (TPSA) is 85.7 Å². The summed E-state index contributed by atoms with van der Waals surface area (Å²) in [5, 5.41) is 11.9. The molecule has 0 aliphatic carbocycles. The van der Waals surface area contributed by atoms with E-state index in [1.54, 1.807) is 42.5 Å². The number of hydrogen-bond donors (Lipinski definition) is 1. The van der Waals surface area contributed by atoms with Crippen LogP contribution in [-0.2, 0) is 9.59 Å². The van der Waals surface area contributed by atoms with Gasteiger partial charge in [-0.25, -0.2) is 0 Å². The second-order valence-electron chi connectivity index (χ2n) is 5.01. The SMILES string of the molecule is COc1ccc(NC(=O)/C(C#N)=C\N2CCN(C=O)CC2)cc1. The fraction of sp³-hybridized carbons (Fsp3) is 0.312. The summed E-state index contributed by atoms with van der Waals surface area (Å²) in [5.41, 5.74) is 0.614. The third kappa shape index (κ3) is 4.48. The second kappa shape index (κ2) is 7.84. The lowest BCUT2D eigenvalue weighted by Crippen LogP contribution is -2.43. The molecule has 0 radical (unpaired) electrons. The number of nitrogens with zero attached hydrogens (tertiary/aromatic N) is 3. The van der Waals surface area contributed by atoms with Gasteiger partial charge in [0.05, 0.1) is 7.11 Å². The van der Waals surface area contributed by atoms with Crippen LogP contribution in [0.5, 0.6) is 5.75 Å². The summed E-state index contributed by atoms with van der Waals surface area (Å²) in [4.78, 5) is 26.4. The number of rotatable bonds is 5. The van der Waals surface area contributed by atoms with E-state index in [-0.39, 0.29) is 5.57 Å². The zero-order chi connectivity index (χ0) is 16.7. The molecule has 1 saturated heterocycles. The number of ether oxygens (including phenoxy) is 1. The summed E-state index contributed by atoms with van der Waals surface area (Å²) < 4.78 is 5.05. The smallest absolute Gasteiger partial charge is 0.267 e. The fourth-order valence-corrected chi connectivity index (χ4v) is 2.17. The van der Waals surface area contributed by atoms with Crippen molar-refractivity contribution in [3.8, 4) is 11.8 Å². The number of benzene rings is 1. The van der Waals surface area contributed by atoms with Gasteiger partial charge in [0.2, 0.25) is 6.41 Å². The molecule has 0 unspecified atom stereocenters. The van der Waals surface area contributed by atoms with Crippen LogP contribution in [0.4, 0.5) is 5.69 Å². The standard InChI is InChI=1S/C16H18N4O3/c1-23-15-4-2-14(3-5-15)18-16(22)13(10-17)11-19-6-8-20(12-21)9-7-19/h2-5,11-12H,6-9H2,1H3,(H,18,22)/b13-11-. The van der Waals surface area contributed by atoms with Crippen LogP contribution < -0.4 is 10.1 Å². The normalized spacial score (nSPS) is 14.9. The summed E-state index contributed by atoms with van der Waals surface area (Å²) in [6.07, 6.45) is 2.35. The number of nitrogens with one attached hydrogen (secondary N) is 1. The number of carbonyl (C=O) groups is 2. The maximum absolute atomic E-state index is 12.2. The van der Waals surface area contributed by atoms with Gasteiger partial charge in [-0.3, -0.25) is 9.59 Å². The van der Waals surface area contributed by atoms with E-state index in [9.17, 15) is 14.9 Å². The highest BCUT2D eigenvalue weighted by atomic mass is 16.5. The molecule has 1 aliphatic heterocycles. The van der Waals surface area contributed by atoms with Crippen LogP contribution in [0.25, 0.3) is 0 Å². The van der Waals surface area contributed by atoms with Crippen molar-refractivity contribution in [3.05, 3.63) is 36.0 Å². The molecule has 120 valence electrons. The average Bonchev–Trinajstić information content (AvgIpc) is 2.60. The predicted octanol–water partition coefficient (Wildman–Crippen LogP) is 0.815. The zero-order valence-electron chi connectivity index (χ0n) is 12.9. The first-order valence-electron chi connectivity index (χ1n) is 7.17. The first-order valence-corrected chi connectivity index (χ1v) is 7.17. The van der Waals surface area contributed by atoms with Gasteiger partial charge in [0, 0.05) is 38.1 Å². The Balaban J connectivity index is 1.99. The molecule has 1 heterocycles. The van der Waals surface area contributed by atoms with Crippen LogP contribution in [0.1, 0.15) is 0 Å². The molecular weight excluding hydrogens is 296 g/mol. The second-order valence-corrected chi connectivity index (χ2v) is 5.01. The molecule has 1 aliphatic rings. The van der Waals surface area contributed by atoms with E-state index in [4.69, 9.17) is 4.74 Å². The van der Waals surface area contributed by atoms with Crippen molar-refractivity contribution in [2.24, 2.45) is 0 Å². The van der Waals surface area contributed by atoms with Gasteiger partial charge in [-0.15, -0.1) is 0 Å². The van der Waals surface area contributed by atoms with Gasteiger partial charge in [-0.05, 0) is 24.3 Å². The first-order chi connectivity index (χ1) is 11.2. The molecule has 0 aromatic heterocycles. The first kappa shape index (κ1) is 16.4. The molecule has 7 heteroatoms. The van der Waals surface area contributed by atoms with Crippen LogP contribution in [0.2, 0.25) is 0 Å². The molecule has 1 fully saturated rings. The Bertz CT molecular complexity index is 626. The number of amides is 2. The van der Waals surface area contributed by atoms with Crippen molar-refractivity contribution in [3.63, 3.8) is 0 Å². The lowest BCUT2D eigenvalue weighted by atomic mass is 10.2. The summed E-state index contributed by atoms with van der Waals surface area (Å²) in [6, 6.07) is 8.78. The third-order valence-electron chi connectivity index (χ3n) is 3.52. The predicted molar refractivity (Wildman–Crippen MR) is 84.5 cm³/mol. The molecule has 7 nitrogen and oxygen atoms in total. The van der Waals surface area contributed by atoms with Crippen molar-refractivity contribution < 1.29 is 14.3 Å². The number of methoxy groups -OCH3 is 1. The molecule has 1 N–H and O–H groups in total. The molecule has 2 amide bonds. The molecule has 0 atom stereocenters. The Morgan fingerprint density at radius 1 is 1.22 bits per heavy atom. The Kier molecular flexibility index (Phi) is 5.58. The van der Waals surface area contributed by atoms with Crippen molar-refractivity contribution in [2.75, 3.05) is 38.6 Å². The minimum atomic E-state index is -0.463. The summed E-state index contributed by atoms with van der Waals surface area (Å²) in [5.74, 6) is 0.225. The number of anilines is 1. The average molecular weight is 314 g/mol. The van der Waals surface area contributed by atoms with E-state index in [2.05, 4.69) is 5.32 Å². The van der Waals surface area contributed by atoms with Crippen LogP contribution >= 0.6 is 0 Å². The fourth-order valence-electron chi connectivity index (χ4n) is 2.17. The van der Waals surface area contributed by atoms with Gasteiger partial charge in [-0.2, -0.15) is 5.26 Å². The quantitative estimate of drug-likeness (QED) is 0.494. The molecule has 2 rings (SSSR count). The number of piperazine rings is 1. The Morgan fingerprint density at radius 3 is 2.35 bits per heavy atom. The molecule has 0 saturated carbocycles. The van der Waals surface area contributed by atoms with Crippen molar-refractivity contribution in [2.45, 2.75) is 0 Å². The molecule has 0 bridgehead atoms. The van der Waals surface area contributed by atoms with E-state index in [0.717, 1.165) is 6.41 Å². The van der Waals surface area contributed by atoms with Gasteiger partial charge in [0.15, 0.2) is 0 Å². The summed E-state index contributed by atoms with van der Waals surface area (Å²) >= 11 is 0. The van der Waals surface area contributed by atoms with Crippen molar-refractivity contribution in [1.82, 2.24) is 9.80 Å². The van der Waals surface area contributed by atoms with E-state index < -0.39 is 5.91 Å². The molecule has 1 aromatic carbocycles. The van der Waals surface area contributed by atoms with Crippen molar-refractivity contribution >= 4 is 18.0 Å². The molecule has 1 aromatic rings. The molecule has 23 heavy (non-hydrogen) atoms. The Morgan fingerprint density at radius 2 is 1.83 bits per heavy atom. The molecular formula is C16H18N4O3. The van der Waals surface area contributed by atoms with Gasteiger partial charge in [0.25, 0.3) is 5.91 Å². The number of hydrogen-bond acceptors (Lipinski definition) is 5. The van der Waals surface area contributed by atoms with E-state index in [1.165, 1.54) is 0 Å². The lowest BCUT2D eigenvalue weighted by Gasteiger charge is -2.31. The van der Waals surface area contributed by atoms with Crippen LogP contribution in [0.15, 0.2) is 36.0 Å². The van der Waals surface area contributed by atoms with E-state index >= 15 is 0 Å². The van der Waals surface area contributed by atoms with E-state index in [0.29, 0.717) is 37.6 Å². The minimum absolute atomic E-state index is 0.0281. The highest BCUT2D eigenvalue weighted by Gasteiger charge is 2.16. The highest BCUT2D eigenvalue weighted by Crippen LogP contribution is 2.15. The highest BCUT2D eigenvalue weighted by molar-refractivity contribution is 6.06. The van der Waals surface area contributed by atoms with Crippen LogP contribution in [-0.4, -0.2) is 55.4 Å². The molecule has 0 spiro atoms. The van der Waals surface area contributed by atoms with Crippen LogP contribution in [0, 0.1) is 11.3 Å². The maximum atomic E-state index is 12.2. The maximum Gasteiger partial charge on any atom is 0.267 e. The Hall–Kier alpha value is -3.01. The van der Waals surface area contributed by atoms with Gasteiger partial charge >= 0.3 is 0 Å². The zero-order valence-corrected chi connectivity index (χ0v) is 12.9. The Labute approximate surface area is 134 Å². The minimum Gasteiger partial charge on any atom is -0.497 e. The van der Waals surface area contributed by atoms with Gasteiger partial charge in [0.1, 0.15) is 17.4 Å². The summed E-state index contributed by atoms with van der Waals surface area (Å²) in [7, 11) is 1.56. The van der Waals surface area contributed by atoms with Gasteiger partial charge < -0.3 is 19.9 Å². The number of nitriles is 1. The summed E-state index contributed by atoms with van der Waals surface area (Å²) in [6.45, 7) is 2.36. The van der Waals surface area contributed by atoms with Gasteiger partial charge in [-0.1, -0.05) is 0 Å². The third-order valence-corrected chi connectivity index (χ3v) is 3.52. The largest absolute Gasteiger partial charge is 0.497 e. The van der Waals surface area contributed by atoms with E-state index in [1.807, 2.05) is 11.0 Å². The lowest BCUT2D eigenvalue weighted by molar-refractivity contribution is -0.119. The van der Waals surface area contributed by atoms with Crippen LogP contribution in [0.3, 0.4) is 0 Å².